The summed E-state index contributed by atoms with van der Waals surface area (Å²) in [6.45, 7) is 7.67. The molecule has 1 aliphatic heterocycles. The van der Waals surface area contributed by atoms with E-state index in [0.29, 0.717) is 5.92 Å². The number of nitrogens with one attached hydrogen (secondary N) is 2. The van der Waals surface area contributed by atoms with Gasteiger partial charge in [0.15, 0.2) is 17.6 Å². The average Bonchev–Trinajstić information content (AvgIpc) is 3.36. The molecule has 1 fully saturated rings. The van der Waals surface area contributed by atoms with Gasteiger partial charge in [-0.15, -0.1) is 11.3 Å². The molecule has 4 nitrogen and oxygen atoms in total. The first-order valence-corrected chi connectivity index (χ1v) is 10.5. The van der Waals surface area contributed by atoms with Crippen LogP contribution in [0, 0.1) is 17.6 Å². The Morgan fingerprint density at radius 1 is 1.25 bits per heavy atom. The monoisotopic (exact) mass is 406 g/mol. The molecule has 0 amide bonds. The quantitative estimate of drug-likeness (QED) is 0.563. The van der Waals surface area contributed by atoms with Crippen molar-refractivity contribution in [2.24, 2.45) is 10.9 Å². The molecule has 0 radical (unpaired) electrons. The highest BCUT2D eigenvalue weighted by molar-refractivity contribution is 7.10. The Morgan fingerprint density at radius 2 is 2.07 bits per heavy atom. The fraction of sp³-hybridized carbons (Fsp3) is 0.476. The minimum atomic E-state index is -0.804. The number of aliphatic imine (C=N–C) groups is 1. The van der Waals surface area contributed by atoms with Crippen LogP contribution in [0.2, 0.25) is 0 Å². The van der Waals surface area contributed by atoms with Crippen molar-refractivity contribution in [1.82, 2.24) is 10.6 Å². The number of guanidine groups is 1. The van der Waals surface area contributed by atoms with Gasteiger partial charge in [0, 0.05) is 55.3 Å². The average molecular weight is 407 g/mol. The molecule has 0 saturated carbocycles. The first-order chi connectivity index (χ1) is 13.4. The third-order valence-electron chi connectivity index (χ3n) is 5.22. The summed E-state index contributed by atoms with van der Waals surface area (Å²) in [5.74, 6) is -0.383. The Labute approximate surface area is 169 Å². The molecule has 2 aromatic rings. The van der Waals surface area contributed by atoms with E-state index >= 15 is 0 Å². The summed E-state index contributed by atoms with van der Waals surface area (Å²) in [7, 11) is 1.77. The van der Waals surface area contributed by atoms with Crippen LogP contribution in [-0.4, -0.2) is 39.2 Å². The van der Waals surface area contributed by atoms with Gasteiger partial charge < -0.3 is 15.5 Å². The number of benzene rings is 1. The van der Waals surface area contributed by atoms with Crippen LogP contribution in [0.25, 0.3) is 0 Å². The summed E-state index contributed by atoms with van der Waals surface area (Å²) in [5.41, 5.74) is 0.768. The highest BCUT2D eigenvalue weighted by Gasteiger charge is 2.25. The lowest BCUT2D eigenvalue weighted by Crippen LogP contribution is -2.44. The SMILES string of the molecule is CN=C(NCC1CCN(c2ccc(F)c(F)c2)C1)NCC(C)(C)c1cccs1. The molecule has 3 rings (SSSR count). The molecular formula is C21H28F2N4S. The zero-order chi connectivity index (χ0) is 20.1. The molecule has 7 heteroatoms. The maximum Gasteiger partial charge on any atom is 0.191 e. The number of hydrogen-bond donors (Lipinski definition) is 2. The number of anilines is 1. The summed E-state index contributed by atoms with van der Waals surface area (Å²) in [4.78, 5) is 7.77. The lowest BCUT2D eigenvalue weighted by Gasteiger charge is -2.25. The Hall–Kier alpha value is -2.15. The smallest absolute Gasteiger partial charge is 0.191 e. The molecule has 1 saturated heterocycles. The van der Waals surface area contributed by atoms with E-state index in [9.17, 15) is 8.78 Å². The largest absolute Gasteiger partial charge is 0.371 e. The summed E-state index contributed by atoms with van der Waals surface area (Å²) < 4.78 is 26.6. The molecule has 2 N–H and O–H groups in total. The highest BCUT2D eigenvalue weighted by Crippen LogP contribution is 2.27. The first kappa shape index (κ1) is 20.6. The van der Waals surface area contributed by atoms with Crippen molar-refractivity contribution in [3.63, 3.8) is 0 Å². The Morgan fingerprint density at radius 3 is 2.75 bits per heavy atom. The molecule has 0 bridgehead atoms. The third kappa shape index (κ3) is 5.01. The van der Waals surface area contributed by atoms with Crippen molar-refractivity contribution in [2.45, 2.75) is 25.7 Å². The third-order valence-corrected chi connectivity index (χ3v) is 6.46. The summed E-state index contributed by atoms with van der Waals surface area (Å²) in [6, 6.07) is 8.35. The van der Waals surface area contributed by atoms with E-state index in [4.69, 9.17) is 0 Å². The van der Waals surface area contributed by atoms with E-state index < -0.39 is 11.6 Å². The van der Waals surface area contributed by atoms with Crippen LogP contribution in [0.3, 0.4) is 0 Å². The lowest BCUT2D eigenvalue weighted by molar-refractivity contribution is 0.508. The van der Waals surface area contributed by atoms with Crippen LogP contribution in [0.15, 0.2) is 40.7 Å². The van der Waals surface area contributed by atoms with Gasteiger partial charge in [-0.2, -0.15) is 0 Å². The predicted octanol–water partition coefficient (Wildman–Crippen LogP) is 4.00. The van der Waals surface area contributed by atoms with Crippen molar-refractivity contribution in [3.8, 4) is 0 Å². The van der Waals surface area contributed by atoms with Gasteiger partial charge in [0.05, 0.1) is 0 Å². The highest BCUT2D eigenvalue weighted by atomic mass is 32.1. The Bertz CT molecular complexity index is 805. The number of halogens is 2. The molecule has 152 valence electrons. The van der Waals surface area contributed by atoms with Crippen LogP contribution in [0.5, 0.6) is 0 Å². The summed E-state index contributed by atoms with van der Waals surface area (Å²) in [5, 5.41) is 8.92. The van der Waals surface area contributed by atoms with E-state index in [0.717, 1.165) is 44.2 Å². The zero-order valence-corrected chi connectivity index (χ0v) is 17.5. The molecule has 28 heavy (non-hydrogen) atoms. The molecule has 1 unspecified atom stereocenters. The minimum absolute atomic E-state index is 0.0304. The molecule has 1 aliphatic rings. The van der Waals surface area contributed by atoms with Crippen LogP contribution in [0.1, 0.15) is 25.1 Å². The minimum Gasteiger partial charge on any atom is -0.371 e. The first-order valence-electron chi connectivity index (χ1n) is 9.57. The maximum absolute atomic E-state index is 13.5. The van der Waals surface area contributed by atoms with Crippen LogP contribution < -0.4 is 15.5 Å². The number of thiophene rings is 1. The zero-order valence-electron chi connectivity index (χ0n) is 16.6. The maximum atomic E-state index is 13.5. The van der Waals surface area contributed by atoms with Crippen molar-refractivity contribution in [3.05, 3.63) is 52.2 Å². The fourth-order valence-electron chi connectivity index (χ4n) is 3.43. The van der Waals surface area contributed by atoms with Gasteiger partial charge in [-0.1, -0.05) is 19.9 Å². The second-order valence-electron chi connectivity index (χ2n) is 7.87. The second kappa shape index (κ2) is 8.90. The fourth-order valence-corrected chi connectivity index (χ4v) is 4.28. The second-order valence-corrected chi connectivity index (χ2v) is 8.81. The van der Waals surface area contributed by atoms with Gasteiger partial charge in [0.1, 0.15) is 0 Å². The van der Waals surface area contributed by atoms with Crippen LogP contribution in [0.4, 0.5) is 14.5 Å². The van der Waals surface area contributed by atoms with Gasteiger partial charge in [-0.25, -0.2) is 8.78 Å². The van der Waals surface area contributed by atoms with Crippen molar-refractivity contribution in [2.75, 3.05) is 38.1 Å². The van der Waals surface area contributed by atoms with Crippen LogP contribution in [-0.2, 0) is 5.41 Å². The topological polar surface area (TPSA) is 39.7 Å². The van der Waals surface area contributed by atoms with Crippen molar-refractivity contribution in [1.29, 1.82) is 0 Å². The van der Waals surface area contributed by atoms with Gasteiger partial charge in [0.2, 0.25) is 0 Å². The molecule has 1 aromatic carbocycles. The van der Waals surface area contributed by atoms with E-state index in [1.54, 1.807) is 24.5 Å². The number of rotatable bonds is 6. The Kier molecular flexibility index (Phi) is 6.54. The molecular weight excluding hydrogens is 378 g/mol. The molecule has 2 heterocycles. The van der Waals surface area contributed by atoms with Gasteiger partial charge in [-0.3, -0.25) is 4.99 Å². The standard InChI is InChI=1S/C21H28F2N4S/c1-21(2,19-5-4-10-28-19)14-26-20(24-3)25-12-15-8-9-27(13-15)16-6-7-17(22)18(23)11-16/h4-7,10-11,15H,8-9,12-14H2,1-3H3,(H2,24,25,26). The van der Waals surface area contributed by atoms with E-state index in [-0.39, 0.29) is 5.41 Å². The predicted molar refractivity (Wildman–Crippen MR) is 113 cm³/mol. The summed E-state index contributed by atoms with van der Waals surface area (Å²) in [6.07, 6.45) is 1.00. The van der Waals surface area contributed by atoms with Crippen LogP contribution >= 0.6 is 11.3 Å². The van der Waals surface area contributed by atoms with E-state index in [1.165, 1.54) is 17.0 Å². The van der Waals surface area contributed by atoms with Gasteiger partial charge in [-0.05, 0) is 35.9 Å². The van der Waals surface area contributed by atoms with Crippen molar-refractivity contribution < 1.29 is 8.78 Å². The molecule has 1 aromatic heterocycles. The van der Waals surface area contributed by atoms with Crippen molar-refractivity contribution >= 4 is 23.0 Å². The molecule has 0 spiro atoms. The normalized spacial score (nSPS) is 17.8. The molecule has 0 aliphatic carbocycles. The Balaban J connectivity index is 1.47. The van der Waals surface area contributed by atoms with Gasteiger partial charge in [0.25, 0.3) is 0 Å². The number of hydrogen-bond acceptors (Lipinski definition) is 3. The van der Waals surface area contributed by atoms with E-state index in [1.807, 2.05) is 0 Å². The number of nitrogens with zero attached hydrogens (tertiary/aromatic N) is 2. The lowest BCUT2D eigenvalue weighted by atomic mass is 9.91. The summed E-state index contributed by atoms with van der Waals surface area (Å²) >= 11 is 1.77. The molecule has 1 atom stereocenters. The van der Waals surface area contributed by atoms with Gasteiger partial charge >= 0.3 is 0 Å². The van der Waals surface area contributed by atoms with E-state index in [2.05, 4.69) is 51.9 Å².